The quantitative estimate of drug-likeness (QED) is 0.720. The Labute approximate surface area is 78.7 Å². The van der Waals surface area contributed by atoms with Gasteiger partial charge in [0.25, 0.3) is 0 Å². The van der Waals surface area contributed by atoms with Gasteiger partial charge < -0.3 is 10.2 Å². The van der Waals surface area contributed by atoms with E-state index in [0.717, 1.165) is 5.57 Å². The molecule has 1 aromatic rings. The van der Waals surface area contributed by atoms with Gasteiger partial charge in [-0.2, -0.15) is 0 Å². The van der Waals surface area contributed by atoms with Gasteiger partial charge >= 0.3 is 0 Å². The van der Waals surface area contributed by atoms with E-state index >= 15 is 0 Å². The molecule has 0 aliphatic heterocycles. The lowest BCUT2D eigenvalue weighted by Crippen LogP contribution is -1.87. The Bertz CT molecular complexity index is 321. The van der Waals surface area contributed by atoms with E-state index in [1.807, 2.05) is 12.2 Å². The van der Waals surface area contributed by atoms with Gasteiger partial charge in [0.15, 0.2) is 0 Å². The summed E-state index contributed by atoms with van der Waals surface area (Å²) in [5, 5.41) is 0. The molecule has 0 unspecified atom stereocenters. The second-order valence-corrected chi connectivity index (χ2v) is 3.30. The monoisotopic (exact) mass is 177 g/mol. The van der Waals surface area contributed by atoms with E-state index in [-0.39, 0.29) is 0 Å². The number of nitrogen functional groups attached to an aromatic ring is 1. The van der Waals surface area contributed by atoms with Crippen LogP contribution in [0.5, 0.6) is 0 Å². The first-order chi connectivity index (χ1) is 6.11. The van der Waals surface area contributed by atoms with Crippen molar-refractivity contribution in [3.8, 4) is 0 Å². The molecule has 0 bridgehead atoms. The largest absolute Gasteiger partial charge is 0.463 e. The zero-order valence-electron chi connectivity index (χ0n) is 8.08. The van der Waals surface area contributed by atoms with Crippen LogP contribution >= 0.6 is 0 Å². The molecule has 0 saturated heterocycles. The molecule has 0 aromatic carbocycles. The maximum atomic E-state index is 5.63. The average molecular weight is 177 g/mol. The van der Waals surface area contributed by atoms with Gasteiger partial charge in [0, 0.05) is 6.07 Å². The SMILES string of the molecule is C=C(/C=C\c1occc1N)C(C)C. The van der Waals surface area contributed by atoms with Gasteiger partial charge in [0.1, 0.15) is 5.76 Å². The molecule has 0 spiro atoms. The number of hydrogen-bond donors (Lipinski definition) is 1. The first kappa shape index (κ1) is 9.65. The van der Waals surface area contributed by atoms with Crippen molar-refractivity contribution in [2.45, 2.75) is 13.8 Å². The van der Waals surface area contributed by atoms with Crippen molar-refractivity contribution in [1.82, 2.24) is 0 Å². The molecule has 0 fully saturated rings. The molecule has 2 N–H and O–H groups in total. The van der Waals surface area contributed by atoms with Crippen molar-refractivity contribution in [2.24, 2.45) is 5.92 Å². The summed E-state index contributed by atoms with van der Waals surface area (Å²) in [5.74, 6) is 1.15. The minimum atomic E-state index is 0.451. The van der Waals surface area contributed by atoms with Crippen LogP contribution in [-0.4, -0.2) is 0 Å². The van der Waals surface area contributed by atoms with Crippen LogP contribution in [0, 0.1) is 5.92 Å². The van der Waals surface area contributed by atoms with Gasteiger partial charge in [-0.1, -0.05) is 32.1 Å². The van der Waals surface area contributed by atoms with Gasteiger partial charge in [-0.25, -0.2) is 0 Å². The number of nitrogens with two attached hydrogens (primary N) is 1. The predicted octanol–water partition coefficient (Wildman–Crippen LogP) is 3.09. The smallest absolute Gasteiger partial charge is 0.149 e. The first-order valence-corrected chi connectivity index (χ1v) is 4.31. The Balaban J connectivity index is 2.69. The third-order valence-corrected chi connectivity index (χ3v) is 1.92. The summed E-state index contributed by atoms with van der Waals surface area (Å²) in [6.07, 6.45) is 5.35. The molecule has 0 saturated carbocycles. The van der Waals surface area contributed by atoms with E-state index in [4.69, 9.17) is 10.2 Å². The summed E-state index contributed by atoms with van der Waals surface area (Å²) >= 11 is 0. The highest BCUT2D eigenvalue weighted by Crippen LogP contribution is 2.16. The van der Waals surface area contributed by atoms with Crippen LogP contribution in [-0.2, 0) is 0 Å². The molecule has 0 aliphatic rings. The van der Waals surface area contributed by atoms with E-state index < -0.39 is 0 Å². The van der Waals surface area contributed by atoms with Crippen LogP contribution in [0.3, 0.4) is 0 Å². The van der Waals surface area contributed by atoms with Crippen LogP contribution in [0.4, 0.5) is 5.69 Å². The Morgan fingerprint density at radius 1 is 1.62 bits per heavy atom. The van der Waals surface area contributed by atoms with Crippen LogP contribution < -0.4 is 5.73 Å². The second kappa shape index (κ2) is 3.99. The Hall–Kier alpha value is -1.44. The van der Waals surface area contributed by atoms with E-state index in [0.29, 0.717) is 17.4 Å². The van der Waals surface area contributed by atoms with Gasteiger partial charge in [-0.3, -0.25) is 0 Å². The number of hydrogen-bond acceptors (Lipinski definition) is 2. The molecule has 2 nitrogen and oxygen atoms in total. The molecule has 70 valence electrons. The van der Waals surface area contributed by atoms with Crippen molar-refractivity contribution in [2.75, 3.05) is 5.73 Å². The molecule has 1 rings (SSSR count). The number of furan rings is 1. The summed E-state index contributed by atoms with van der Waals surface area (Å²) in [4.78, 5) is 0. The summed E-state index contributed by atoms with van der Waals surface area (Å²) in [5.41, 5.74) is 7.35. The maximum Gasteiger partial charge on any atom is 0.149 e. The Morgan fingerprint density at radius 3 is 2.77 bits per heavy atom. The molecular weight excluding hydrogens is 162 g/mol. The predicted molar refractivity (Wildman–Crippen MR) is 56.1 cm³/mol. The van der Waals surface area contributed by atoms with E-state index in [9.17, 15) is 0 Å². The molecule has 1 heterocycles. The molecule has 0 radical (unpaired) electrons. The molecule has 2 heteroatoms. The second-order valence-electron chi connectivity index (χ2n) is 3.30. The van der Waals surface area contributed by atoms with Crippen LogP contribution in [0.2, 0.25) is 0 Å². The lowest BCUT2D eigenvalue weighted by atomic mass is 10.1. The van der Waals surface area contributed by atoms with Crippen LogP contribution in [0.1, 0.15) is 19.6 Å². The fraction of sp³-hybridized carbons (Fsp3) is 0.273. The topological polar surface area (TPSA) is 39.2 Å². The fourth-order valence-electron chi connectivity index (χ4n) is 0.841. The Morgan fingerprint density at radius 2 is 2.31 bits per heavy atom. The van der Waals surface area contributed by atoms with Gasteiger partial charge in [0.2, 0.25) is 0 Å². The van der Waals surface area contributed by atoms with Crippen molar-refractivity contribution in [1.29, 1.82) is 0 Å². The third kappa shape index (κ3) is 2.51. The zero-order chi connectivity index (χ0) is 9.84. The molecule has 0 amide bonds. The third-order valence-electron chi connectivity index (χ3n) is 1.92. The van der Waals surface area contributed by atoms with Gasteiger partial charge in [-0.05, 0) is 12.0 Å². The van der Waals surface area contributed by atoms with Crippen molar-refractivity contribution < 1.29 is 4.42 Å². The number of allylic oxidation sites excluding steroid dienone is 2. The van der Waals surface area contributed by atoms with E-state index in [2.05, 4.69) is 20.4 Å². The summed E-state index contributed by atoms with van der Waals surface area (Å²) in [6.45, 7) is 8.10. The van der Waals surface area contributed by atoms with Crippen LogP contribution in [0.25, 0.3) is 6.08 Å². The minimum Gasteiger partial charge on any atom is -0.463 e. The minimum absolute atomic E-state index is 0.451. The molecule has 1 aromatic heterocycles. The number of anilines is 1. The highest BCUT2D eigenvalue weighted by Gasteiger charge is 1.98. The van der Waals surface area contributed by atoms with E-state index in [1.165, 1.54) is 0 Å². The lowest BCUT2D eigenvalue weighted by molar-refractivity contribution is 0.558. The number of rotatable bonds is 3. The molecular formula is C11H15NO. The van der Waals surface area contributed by atoms with Crippen molar-refractivity contribution >= 4 is 11.8 Å². The summed E-state index contributed by atoms with van der Waals surface area (Å²) in [6, 6.07) is 1.73. The average Bonchev–Trinajstić information content (AvgIpc) is 2.47. The standard InChI is InChI=1S/C11H15NO/c1-8(2)9(3)4-5-11-10(12)6-7-13-11/h4-8H,3,12H2,1-2H3/b5-4-. The van der Waals surface area contributed by atoms with Crippen molar-refractivity contribution in [3.05, 3.63) is 36.3 Å². The van der Waals surface area contributed by atoms with Crippen molar-refractivity contribution in [3.63, 3.8) is 0 Å². The lowest BCUT2D eigenvalue weighted by Gasteiger charge is -2.01. The summed E-state index contributed by atoms with van der Waals surface area (Å²) in [7, 11) is 0. The molecule has 0 atom stereocenters. The fourth-order valence-corrected chi connectivity index (χ4v) is 0.841. The Kier molecular flexibility index (Phi) is 2.96. The summed E-state index contributed by atoms with van der Waals surface area (Å²) < 4.78 is 5.14. The first-order valence-electron chi connectivity index (χ1n) is 4.31. The highest BCUT2D eigenvalue weighted by molar-refractivity contribution is 5.60. The van der Waals surface area contributed by atoms with E-state index in [1.54, 1.807) is 12.3 Å². The normalized spacial score (nSPS) is 11.3. The zero-order valence-corrected chi connectivity index (χ0v) is 8.08. The highest BCUT2D eigenvalue weighted by atomic mass is 16.3. The molecule has 0 aliphatic carbocycles. The maximum absolute atomic E-state index is 5.63. The van der Waals surface area contributed by atoms with Gasteiger partial charge in [-0.15, -0.1) is 0 Å². The molecule has 13 heavy (non-hydrogen) atoms. The van der Waals surface area contributed by atoms with Gasteiger partial charge in [0.05, 0.1) is 12.0 Å². The van der Waals surface area contributed by atoms with Crippen LogP contribution in [0.15, 0.2) is 35.0 Å².